The second-order valence-electron chi connectivity index (χ2n) is 15.6. The van der Waals surface area contributed by atoms with E-state index in [2.05, 4.69) is 45.2 Å². The van der Waals surface area contributed by atoms with Crippen LogP contribution in [0.15, 0.2) is 82.1 Å². The Hall–Kier alpha value is -5.10. The summed E-state index contributed by atoms with van der Waals surface area (Å²) in [6.45, 7) is 6.59. The Labute approximate surface area is 346 Å². The van der Waals surface area contributed by atoms with E-state index in [4.69, 9.17) is 9.15 Å². The topological polar surface area (TPSA) is 213 Å². The maximum Gasteiger partial charge on any atom is 0.362 e. The van der Waals surface area contributed by atoms with Crippen molar-refractivity contribution in [2.24, 2.45) is 0 Å². The number of phenols is 1. The molecule has 5 aromatic rings. The molecule has 59 heavy (non-hydrogen) atoms. The van der Waals surface area contributed by atoms with Crippen molar-refractivity contribution in [3.63, 3.8) is 0 Å². The number of phenolic OH excluding ortho intramolecular Hbond substituents is 1. The minimum Gasteiger partial charge on any atom is -0.508 e. The molecule has 3 heterocycles. The summed E-state index contributed by atoms with van der Waals surface area (Å²) in [6.07, 6.45) is 1.13. The number of ether oxygens (including phenoxy) is 1. The van der Waals surface area contributed by atoms with Crippen molar-refractivity contribution in [2.75, 3.05) is 26.4 Å². The average molecular weight is 829 g/mol. The molecule has 1 aliphatic heterocycles. The number of carbonyl (C=O) groups excluding carboxylic acids is 2. The number of rotatable bonds is 16. The van der Waals surface area contributed by atoms with Crippen molar-refractivity contribution < 1.29 is 39.2 Å². The normalized spacial score (nSPS) is 19.6. The molecule has 314 valence electrons. The third-order valence-electron chi connectivity index (χ3n) is 10.5. The zero-order chi connectivity index (χ0) is 42.4. The Morgan fingerprint density at radius 3 is 2.47 bits per heavy atom. The van der Waals surface area contributed by atoms with E-state index in [9.17, 15) is 34.8 Å². The SMILES string of the molecule is CS[C@H]1O[C@@H](c2ccc(C)c(Cc3ccc(CCCC(=O)NC(C)(C)C(=O)NCCN(C)Cc4cn(-c5cc6ccc(O)cc6oc5=O)nn4)cc3)c2)[C@H](O)[C@@H](O)[C@@H]1O. The number of aromatic hydroxyl groups is 1. The van der Waals surface area contributed by atoms with E-state index in [1.165, 1.54) is 28.6 Å². The van der Waals surface area contributed by atoms with Gasteiger partial charge in [0.15, 0.2) is 5.69 Å². The van der Waals surface area contributed by atoms with Gasteiger partial charge in [-0.05, 0) is 99.4 Å². The van der Waals surface area contributed by atoms with E-state index in [1.807, 2.05) is 37.1 Å². The number of hydrogen-bond donors (Lipinski definition) is 6. The van der Waals surface area contributed by atoms with Gasteiger partial charge in [-0.3, -0.25) is 14.5 Å². The number of aliphatic hydroxyl groups is 3. The maximum atomic E-state index is 13.0. The standard InChI is InChI=1S/C43H52N6O9S/c1-25-9-14-29(39-37(53)36(52)38(54)41(58-39)59-5)20-30(25)19-27-12-10-26(11-13-27)7-6-8-35(51)45-43(2,3)42(56)44-17-18-48(4)23-31-24-49(47-46-31)33-21-28-15-16-32(50)22-34(28)57-40(33)55/h9-16,20-22,24,36-39,41,50,52-54H,6-8,17-19,23H2,1-5H3,(H,44,56)(H,45,51)/t36-,37-,38+,39+,41-/m1/s1. The number of fused-ring (bicyclic) bond motifs is 1. The van der Waals surface area contributed by atoms with Gasteiger partial charge in [0.25, 0.3) is 0 Å². The van der Waals surface area contributed by atoms with E-state index in [0.29, 0.717) is 50.0 Å². The lowest BCUT2D eigenvalue weighted by Crippen LogP contribution is -2.55. The number of aryl methyl sites for hydroxylation is 2. The molecule has 0 unspecified atom stereocenters. The van der Waals surface area contributed by atoms with Crippen LogP contribution in [0.2, 0.25) is 0 Å². The van der Waals surface area contributed by atoms with Crippen molar-refractivity contribution in [1.82, 2.24) is 30.5 Å². The largest absolute Gasteiger partial charge is 0.508 e. The number of benzene rings is 3. The molecule has 6 N–H and O–H groups in total. The van der Waals surface area contributed by atoms with Crippen LogP contribution in [0, 0.1) is 6.92 Å². The van der Waals surface area contributed by atoms with Gasteiger partial charge in [0.05, 0.1) is 11.9 Å². The van der Waals surface area contributed by atoms with Crippen molar-refractivity contribution >= 4 is 34.5 Å². The van der Waals surface area contributed by atoms with E-state index >= 15 is 0 Å². The van der Waals surface area contributed by atoms with Crippen LogP contribution in [0.5, 0.6) is 5.75 Å². The van der Waals surface area contributed by atoms with Crippen LogP contribution in [0.4, 0.5) is 0 Å². The highest BCUT2D eigenvalue weighted by atomic mass is 32.2. The predicted octanol–water partition coefficient (Wildman–Crippen LogP) is 3.29. The summed E-state index contributed by atoms with van der Waals surface area (Å²) in [5.74, 6) is -0.524. The monoisotopic (exact) mass is 828 g/mol. The number of aliphatic hydroxyl groups excluding tert-OH is 3. The zero-order valence-corrected chi connectivity index (χ0v) is 34.6. The van der Waals surface area contributed by atoms with Crippen LogP contribution >= 0.6 is 11.8 Å². The molecule has 0 spiro atoms. The molecule has 6 rings (SSSR count). The summed E-state index contributed by atoms with van der Waals surface area (Å²) in [4.78, 5) is 40.4. The summed E-state index contributed by atoms with van der Waals surface area (Å²) in [5, 5.41) is 55.6. The van der Waals surface area contributed by atoms with Crippen molar-refractivity contribution in [3.8, 4) is 11.4 Å². The molecule has 0 bridgehead atoms. The Morgan fingerprint density at radius 1 is 0.983 bits per heavy atom. The number of aromatic nitrogens is 3. The van der Waals surface area contributed by atoms with E-state index < -0.39 is 41.0 Å². The van der Waals surface area contributed by atoms with Crippen LogP contribution in [-0.2, 0) is 33.7 Å². The average Bonchev–Trinajstić information content (AvgIpc) is 3.66. The lowest BCUT2D eigenvalue weighted by Gasteiger charge is -2.40. The van der Waals surface area contributed by atoms with E-state index in [0.717, 1.165) is 27.8 Å². The molecule has 1 aliphatic rings. The molecule has 3 aromatic carbocycles. The highest BCUT2D eigenvalue weighted by Gasteiger charge is 2.44. The van der Waals surface area contributed by atoms with Crippen LogP contribution in [0.1, 0.15) is 66.3 Å². The van der Waals surface area contributed by atoms with Gasteiger partial charge in [-0.15, -0.1) is 16.9 Å². The zero-order valence-electron chi connectivity index (χ0n) is 33.8. The predicted molar refractivity (Wildman–Crippen MR) is 223 cm³/mol. The van der Waals surface area contributed by atoms with Gasteiger partial charge in [0.1, 0.15) is 46.7 Å². The van der Waals surface area contributed by atoms with Gasteiger partial charge in [-0.25, -0.2) is 9.48 Å². The summed E-state index contributed by atoms with van der Waals surface area (Å²) in [5.41, 5.74) is 3.73. The van der Waals surface area contributed by atoms with Crippen LogP contribution in [0.25, 0.3) is 16.7 Å². The van der Waals surface area contributed by atoms with Crippen molar-refractivity contribution in [2.45, 2.75) is 88.4 Å². The quantitative estimate of drug-likeness (QED) is 0.0790. The van der Waals surface area contributed by atoms with Crippen LogP contribution in [0.3, 0.4) is 0 Å². The molecule has 1 saturated heterocycles. The fourth-order valence-corrected chi connectivity index (χ4v) is 7.69. The Morgan fingerprint density at radius 2 is 1.73 bits per heavy atom. The summed E-state index contributed by atoms with van der Waals surface area (Å²) in [7, 11) is 1.87. The summed E-state index contributed by atoms with van der Waals surface area (Å²) >= 11 is 1.29. The first-order chi connectivity index (χ1) is 28.1. The number of nitrogens with zero attached hydrogens (tertiary/aromatic N) is 4. The first kappa shape index (κ1) is 43.5. The first-order valence-electron chi connectivity index (χ1n) is 19.5. The van der Waals surface area contributed by atoms with Gasteiger partial charge in [-0.1, -0.05) is 47.7 Å². The summed E-state index contributed by atoms with van der Waals surface area (Å²) < 4.78 is 12.6. The summed E-state index contributed by atoms with van der Waals surface area (Å²) in [6, 6.07) is 20.2. The van der Waals surface area contributed by atoms with Gasteiger partial charge >= 0.3 is 5.63 Å². The van der Waals surface area contributed by atoms with Gasteiger partial charge < -0.3 is 40.2 Å². The smallest absolute Gasteiger partial charge is 0.362 e. The molecule has 0 aliphatic carbocycles. The molecule has 5 atom stereocenters. The lowest BCUT2D eigenvalue weighted by molar-refractivity contribution is -0.200. The van der Waals surface area contributed by atoms with Crippen molar-refractivity contribution in [1.29, 1.82) is 0 Å². The van der Waals surface area contributed by atoms with Gasteiger partial charge in [0.2, 0.25) is 11.8 Å². The van der Waals surface area contributed by atoms with Crippen molar-refractivity contribution in [3.05, 3.63) is 117 Å². The highest BCUT2D eigenvalue weighted by molar-refractivity contribution is 7.99. The molecule has 16 heteroatoms. The third kappa shape index (κ3) is 10.8. The Kier molecular flexibility index (Phi) is 13.9. The fraction of sp³-hybridized carbons (Fsp3) is 0.419. The second-order valence-corrected chi connectivity index (χ2v) is 16.6. The second kappa shape index (κ2) is 18.9. The van der Waals surface area contributed by atoms with Gasteiger partial charge in [0, 0.05) is 37.5 Å². The molecular weight excluding hydrogens is 777 g/mol. The van der Waals surface area contributed by atoms with Gasteiger partial charge in [-0.2, -0.15) is 0 Å². The molecule has 1 fully saturated rings. The molecule has 2 amide bonds. The fourth-order valence-electron chi connectivity index (χ4n) is 7.02. The van der Waals surface area contributed by atoms with Crippen LogP contribution in [-0.4, -0.2) is 108 Å². The number of thioether (sulfide) groups is 1. The lowest BCUT2D eigenvalue weighted by atomic mass is 9.91. The van der Waals surface area contributed by atoms with Crippen LogP contribution < -0.4 is 16.3 Å². The third-order valence-corrected chi connectivity index (χ3v) is 11.4. The minimum atomic E-state index is -1.31. The number of carbonyl (C=O) groups is 2. The molecule has 0 saturated carbocycles. The Balaban J connectivity index is 0.914. The molecule has 0 radical (unpaired) electrons. The minimum absolute atomic E-state index is 0.00556. The Bertz CT molecular complexity index is 2310. The maximum absolute atomic E-state index is 13.0. The highest BCUT2D eigenvalue weighted by Crippen LogP contribution is 2.36. The number of amides is 2. The molecule has 2 aromatic heterocycles. The van der Waals surface area contributed by atoms with E-state index in [1.54, 1.807) is 38.4 Å². The number of hydrogen-bond acceptors (Lipinski definition) is 13. The molecular formula is C43H52N6O9S. The number of likely N-dealkylation sites (N-methyl/N-ethyl adjacent to an activating group) is 1. The molecule has 15 nitrogen and oxygen atoms in total. The number of nitrogens with one attached hydrogen (secondary N) is 2. The van der Waals surface area contributed by atoms with E-state index in [-0.39, 0.29) is 35.3 Å². The first-order valence-corrected chi connectivity index (χ1v) is 20.8.